The Bertz CT molecular complexity index is 629. The largest absolute Gasteiger partial charge is 0.361 e. The van der Waals surface area contributed by atoms with Gasteiger partial charge in [0.15, 0.2) is 5.65 Å². The number of pyridine rings is 1. The SMILES string of the molecule is [B]c1nc2c(cc1F)nc(Cl)n2COCC[Si](C)(C)C. The van der Waals surface area contributed by atoms with Crippen LogP contribution in [0.3, 0.4) is 0 Å². The summed E-state index contributed by atoms with van der Waals surface area (Å²) in [7, 11) is 4.34. The molecule has 2 aromatic rings. The molecule has 20 heavy (non-hydrogen) atoms. The van der Waals surface area contributed by atoms with E-state index in [9.17, 15) is 4.39 Å². The Morgan fingerprint density at radius 3 is 2.75 bits per heavy atom. The van der Waals surface area contributed by atoms with Crippen LogP contribution >= 0.6 is 11.6 Å². The number of rotatable bonds is 5. The second-order valence-electron chi connectivity index (χ2n) is 5.86. The summed E-state index contributed by atoms with van der Waals surface area (Å²) in [6.07, 6.45) is 0. The topological polar surface area (TPSA) is 39.9 Å². The van der Waals surface area contributed by atoms with Gasteiger partial charge < -0.3 is 4.74 Å². The molecule has 0 aliphatic rings. The molecule has 0 fully saturated rings. The standard InChI is InChI=1S/C12H16BClFN3OSi/c1-20(2,3)5-4-19-7-18-11-9(16-12(18)14)6-8(15)10(13)17-11/h6H,4-5,7H2,1-3H3. The summed E-state index contributed by atoms with van der Waals surface area (Å²) in [6.45, 7) is 7.73. The molecule has 2 rings (SSSR count). The van der Waals surface area contributed by atoms with Crippen LogP contribution in [0.4, 0.5) is 4.39 Å². The summed E-state index contributed by atoms with van der Waals surface area (Å²) in [5, 5.41) is 0.213. The molecule has 106 valence electrons. The molecule has 0 aliphatic heterocycles. The number of hydrogen-bond donors (Lipinski definition) is 0. The van der Waals surface area contributed by atoms with Gasteiger partial charge in [-0.2, -0.15) is 0 Å². The molecular formula is C12H16BClFN3OSi. The molecule has 0 atom stereocenters. The van der Waals surface area contributed by atoms with Crippen LogP contribution in [0, 0.1) is 5.82 Å². The lowest BCUT2D eigenvalue weighted by Gasteiger charge is -2.15. The monoisotopic (exact) mass is 311 g/mol. The summed E-state index contributed by atoms with van der Waals surface area (Å²) in [6, 6.07) is 2.28. The van der Waals surface area contributed by atoms with E-state index >= 15 is 0 Å². The molecule has 2 radical (unpaired) electrons. The molecule has 0 amide bonds. The van der Waals surface area contributed by atoms with E-state index in [0.717, 1.165) is 6.04 Å². The number of hydrogen-bond acceptors (Lipinski definition) is 3. The first kappa shape index (κ1) is 15.5. The lowest BCUT2D eigenvalue weighted by Crippen LogP contribution is -2.22. The van der Waals surface area contributed by atoms with E-state index in [2.05, 4.69) is 29.6 Å². The van der Waals surface area contributed by atoms with Gasteiger partial charge in [0.25, 0.3) is 0 Å². The molecule has 0 unspecified atom stereocenters. The van der Waals surface area contributed by atoms with E-state index in [1.165, 1.54) is 6.07 Å². The third-order valence-electron chi connectivity index (χ3n) is 2.87. The van der Waals surface area contributed by atoms with Crippen molar-refractivity contribution in [1.29, 1.82) is 0 Å². The molecular weight excluding hydrogens is 296 g/mol. The Hall–Kier alpha value is -0.918. The smallest absolute Gasteiger partial charge is 0.206 e. The Balaban J connectivity index is 2.14. The first-order chi connectivity index (χ1) is 9.28. The highest BCUT2D eigenvalue weighted by molar-refractivity contribution is 6.76. The molecule has 0 aliphatic carbocycles. The average molecular weight is 312 g/mol. The van der Waals surface area contributed by atoms with Crippen molar-refractivity contribution in [3.05, 3.63) is 17.2 Å². The van der Waals surface area contributed by atoms with Gasteiger partial charge in [-0.1, -0.05) is 19.6 Å². The number of aromatic nitrogens is 3. The van der Waals surface area contributed by atoms with Crippen molar-refractivity contribution < 1.29 is 9.13 Å². The Morgan fingerprint density at radius 2 is 2.10 bits per heavy atom. The lowest BCUT2D eigenvalue weighted by atomic mass is 10.0. The maximum absolute atomic E-state index is 13.3. The average Bonchev–Trinajstić information content (AvgIpc) is 2.60. The molecule has 4 nitrogen and oxygen atoms in total. The second-order valence-corrected chi connectivity index (χ2v) is 11.8. The second kappa shape index (κ2) is 5.83. The van der Waals surface area contributed by atoms with Gasteiger partial charge in [0.05, 0.1) is 0 Å². The quantitative estimate of drug-likeness (QED) is 0.628. The van der Waals surface area contributed by atoms with E-state index in [1.807, 2.05) is 0 Å². The van der Waals surface area contributed by atoms with Crippen LogP contribution in [-0.2, 0) is 11.5 Å². The van der Waals surface area contributed by atoms with E-state index in [0.29, 0.717) is 17.8 Å². The molecule has 2 aromatic heterocycles. The zero-order chi connectivity index (χ0) is 14.9. The minimum Gasteiger partial charge on any atom is -0.361 e. The molecule has 0 saturated heterocycles. The van der Waals surface area contributed by atoms with Crippen LogP contribution in [0.25, 0.3) is 11.2 Å². The minimum atomic E-state index is -1.13. The molecule has 0 bridgehead atoms. The Morgan fingerprint density at radius 1 is 1.40 bits per heavy atom. The van der Waals surface area contributed by atoms with E-state index in [1.54, 1.807) is 4.57 Å². The van der Waals surface area contributed by atoms with E-state index in [4.69, 9.17) is 24.2 Å². The first-order valence-electron chi connectivity index (χ1n) is 6.33. The van der Waals surface area contributed by atoms with Gasteiger partial charge >= 0.3 is 0 Å². The van der Waals surface area contributed by atoms with Gasteiger partial charge in [-0.3, -0.25) is 4.57 Å². The van der Waals surface area contributed by atoms with Gasteiger partial charge in [0.2, 0.25) is 5.28 Å². The number of fused-ring (bicyclic) bond motifs is 1. The van der Waals surface area contributed by atoms with Crippen molar-refractivity contribution in [2.75, 3.05) is 6.61 Å². The highest BCUT2D eigenvalue weighted by atomic mass is 35.5. The van der Waals surface area contributed by atoms with Crippen molar-refractivity contribution in [3.8, 4) is 0 Å². The highest BCUT2D eigenvalue weighted by Crippen LogP contribution is 2.18. The molecule has 8 heteroatoms. The van der Waals surface area contributed by atoms with Crippen molar-refractivity contribution in [3.63, 3.8) is 0 Å². The van der Waals surface area contributed by atoms with Crippen LogP contribution in [0.15, 0.2) is 6.07 Å². The van der Waals surface area contributed by atoms with E-state index < -0.39 is 13.9 Å². The van der Waals surface area contributed by atoms with Crippen LogP contribution < -0.4 is 5.59 Å². The molecule has 2 heterocycles. The van der Waals surface area contributed by atoms with Crippen LogP contribution in [0.2, 0.25) is 31.0 Å². The maximum Gasteiger partial charge on any atom is 0.206 e. The van der Waals surface area contributed by atoms with E-state index in [-0.39, 0.29) is 17.6 Å². The van der Waals surface area contributed by atoms with Gasteiger partial charge in [0, 0.05) is 26.3 Å². The third-order valence-corrected chi connectivity index (χ3v) is 4.86. The Kier molecular flexibility index (Phi) is 4.51. The van der Waals surface area contributed by atoms with Crippen molar-refractivity contribution in [2.24, 2.45) is 0 Å². The lowest BCUT2D eigenvalue weighted by molar-refractivity contribution is 0.0897. The molecule has 0 spiro atoms. The van der Waals surface area contributed by atoms with Crippen molar-refractivity contribution in [1.82, 2.24) is 14.5 Å². The van der Waals surface area contributed by atoms with Gasteiger partial charge in [-0.15, -0.1) is 0 Å². The summed E-state index contributed by atoms with van der Waals surface area (Å²) in [5.74, 6) is -0.599. The Labute approximate surface area is 124 Å². The zero-order valence-electron chi connectivity index (χ0n) is 11.8. The molecule has 0 aromatic carbocycles. The van der Waals surface area contributed by atoms with Crippen molar-refractivity contribution in [2.45, 2.75) is 32.4 Å². The fraction of sp³-hybridized carbons (Fsp3) is 0.500. The molecule has 0 N–H and O–H groups in total. The number of imidazole rings is 1. The van der Waals surface area contributed by atoms with Crippen molar-refractivity contribution >= 4 is 44.3 Å². The van der Waals surface area contributed by atoms with Crippen LogP contribution in [0.1, 0.15) is 0 Å². The fourth-order valence-corrected chi connectivity index (χ4v) is 2.64. The van der Waals surface area contributed by atoms with Gasteiger partial charge in [0.1, 0.15) is 25.9 Å². The third kappa shape index (κ3) is 3.59. The highest BCUT2D eigenvalue weighted by Gasteiger charge is 2.15. The summed E-state index contributed by atoms with van der Waals surface area (Å²) >= 11 is 6.02. The number of ether oxygens (including phenoxy) is 1. The predicted molar refractivity (Wildman–Crippen MR) is 82.0 cm³/mol. The first-order valence-corrected chi connectivity index (χ1v) is 10.4. The zero-order valence-corrected chi connectivity index (χ0v) is 13.5. The van der Waals surface area contributed by atoms with Gasteiger partial charge in [-0.25, -0.2) is 14.4 Å². The molecule has 0 saturated carbocycles. The fourth-order valence-electron chi connectivity index (χ4n) is 1.66. The summed E-state index contributed by atoms with van der Waals surface area (Å²) < 4.78 is 20.5. The minimum absolute atomic E-state index is 0.169. The number of nitrogens with zero attached hydrogens (tertiary/aromatic N) is 3. The van der Waals surface area contributed by atoms with Crippen LogP contribution in [-0.4, -0.2) is 37.1 Å². The van der Waals surface area contributed by atoms with Crippen LogP contribution in [0.5, 0.6) is 0 Å². The maximum atomic E-state index is 13.3. The summed E-state index contributed by atoms with van der Waals surface area (Å²) in [4.78, 5) is 8.01. The summed E-state index contributed by atoms with van der Waals surface area (Å²) in [5.41, 5.74) is 0.634. The predicted octanol–water partition coefficient (Wildman–Crippen LogP) is 2.33. The number of halogens is 2. The van der Waals surface area contributed by atoms with Gasteiger partial charge in [-0.05, 0) is 17.6 Å². The normalized spacial score (nSPS) is 12.2.